The van der Waals surface area contributed by atoms with E-state index < -0.39 is 0 Å². The normalized spacial score (nSPS) is 29.4. The molecule has 1 aliphatic heterocycles. The maximum atomic E-state index is 12.3. The van der Waals surface area contributed by atoms with Crippen LogP contribution < -0.4 is 15.8 Å². The molecule has 4 heteroatoms. The van der Waals surface area contributed by atoms with Crippen molar-refractivity contribution in [1.82, 2.24) is 5.32 Å². The van der Waals surface area contributed by atoms with Gasteiger partial charge in [0.2, 0.25) is 5.91 Å². The van der Waals surface area contributed by atoms with Crippen LogP contribution in [0.3, 0.4) is 0 Å². The van der Waals surface area contributed by atoms with Crippen LogP contribution in [-0.4, -0.2) is 18.6 Å². The van der Waals surface area contributed by atoms with Crippen LogP contribution in [0.2, 0.25) is 0 Å². The van der Waals surface area contributed by atoms with Crippen LogP contribution in [0.15, 0.2) is 24.3 Å². The summed E-state index contributed by atoms with van der Waals surface area (Å²) in [5, 5.41) is 3.11. The van der Waals surface area contributed by atoms with E-state index in [1.165, 1.54) is 0 Å². The van der Waals surface area contributed by atoms with Gasteiger partial charge in [-0.3, -0.25) is 4.79 Å². The van der Waals surface area contributed by atoms with Crippen LogP contribution in [0, 0.1) is 5.92 Å². The van der Waals surface area contributed by atoms with Crippen molar-refractivity contribution in [1.29, 1.82) is 0 Å². The molecule has 1 heterocycles. The lowest BCUT2D eigenvalue weighted by Crippen LogP contribution is -2.38. The first kappa shape index (κ1) is 12.5. The van der Waals surface area contributed by atoms with Gasteiger partial charge >= 0.3 is 0 Å². The molecule has 0 spiro atoms. The van der Waals surface area contributed by atoms with Crippen molar-refractivity contribution in [3.8, 4) is 5.75 Å². The Morgan fingerprint density at radius 2 is 1.95 bits per heavy atom. The fraction of sp³-hybridized carbons (Fsp3) is 0.533. The third-order valence-corrected chi connectivity index (χ3v) is 4.16. The number of benzene rings is 1. The number of nitrogens with two attached hydrogens (primary N) is 1. The number of para-hydroxylation sites is 1. The first-order valence-corrected chi connectivity index (χ1v) is 7.01. The molecule has 3 N–H and O–H groups in total. The third-order valence-electron chi connectivity index (χ3n) is 4.16. The molecule has 4 nitrogen and oxygen atoms in total. The topological polar surface area (TPSA) is 64.4 Å². The van der Waals surface area contributed by atoms with E-state index in [4.69, 9.17) is 10.5 Å². The Bertz CT molecular complexity index is 467. The summed E-state index contributed by atoms with van der Waals surface area (Å²) in [5.41, 5.74) is 6.96. The standard InChI is InChI=1S/C15H20N2O2/c16-11-7-5-10(6-8-11)15(18)17-13-9-19-14-4-2-1-3-12(13)14/h1-4,10-11,13H,5-9,16H2,(H,17,18). The molecule has 1 unspecified atom stereocenters. The van der Waals surface area contributed by atoms with Crippen LogP contribution in [0.5, 0.6) is 5.75 Å². The number of ether oxygens (including phenoxy) is 1. The highest BCUT2D eigenvalue weighted by molar-refractivity contribution is 5.79. The summed E-state index contributed by atoms with van der Waals surface area (Å²) in [4.78, 5) is 12.3. The van der Waals surface area contributed by atoms with E-state index in [0.29, 0.717) is 6.61 Å². The smallest absolute Gasteiger partial charge is 0.223 e. The molecular weight excluding hydrogens is 240 g/mol. The molecule has 1 aromatic carbocycles. The summed E-state index contributed by atoms with van der Waals surface area (Å²) in [6.07, 6.45) is 3.72. The van der Waals surface area contributed by atoms with E-state index in [1.54, 1.807) is 0 Å². The Kier molecular flexibility index (Phi) is 3.42. The van der Waals surface area contributed by atoms with Gasteiger partial charge in [0.05, 0.1) is 6.04 Å². The van der Waals surface area contributed by atoms with Gasteiger partial charge in [0, 0.05) is 17.5 Å². The molecule has 0 radical (unpaired) electrons. The van der Waals surface area contributed by atoms with Crippen molar-refractivity contribution in [3.05, 3.63) is 29.8 Å². The summed E-state index contributed by atoms with van der Waals surface area (Å²) in [6.45, 7) is 0.539. The van der Waals surface area contributed by atoms with Crippen molar-refractivity contribution in [2.45, 2.75) is 37.8 Å². The zero-order chi connectivity index (χ0) is 13.2. The number of hydrogen-bond donors (Lipinski definition) is 2. The van der Waals surface area contributed by atoms with Gasteiger partial charge in [-0.05, 0) is 31.7 Å². The molecule has 0 bridgehead atoms. The summed E-state index contributed by atoms with van der Waals surface area (Å²) in [6, 6.07) is 8.17. The highest BCUT2D eigenvalue weighted by Gasteiger charge is 2.29. The summed E-state index contributed by atoms with van der Waals surface area (Å²) >= 11 is 0. The second kappa shape index (κ2) is 5.21. The van der Waals surface area contributed by atoms with Crippen molar-refractivity contribution < 1.29 is 9.53 Å². The number of carbonyl (C=O) groups is 1. The summed E-state index contributed by atoms with van der Waals surface area (Å²) < 4.78 is 5.58. The molecule has 102 valence electrons. The van der Waals surface area contributed by atoms with Gasteiger partial charge in [0.15, 0.2) is 0 Å². The first-order valence-electron chi connectivity index (χ1n) is 7.01. The quantitative estimate of drug-likeness (QED) is 0.851. The zero-order valence-electron chi connectivity index (χ0n) is 11.0. The highest BCUT2D eigenvalue weighted by atomic mass is 16.5. The van der Waals surface area contributed by atoms with Crippen molar-refractivity contribution in [2.24, 2.45) is 11.7 Å². The lowest BCUT2D eigenvalue weighted by atomic mass is 9.85. The highest BCUT2D eigenvalue weighted by Crippen LogP contribution is 2.32. The van der Waals surface area contributed by atoms with Gasteiger partial charge in [0.25, 0.3) is 0 Å². The van der Waals surface area contributed by atoms with E-state index in [1.807, 2.05) is 24.3 Å². The number of fused-ring (bicyclic) bond motifs is 1. The van der Waals surface area contributed by atoms with Gasteiger partial charge in [-0.15, -0.1) is 0 Å². The van der Waals surface area contributed by atoms with E-state index >= 15 is 0 Å². The van der Waals surface area contributed by atoms with Crippen LogP contribution in [0.25, 0.3) is 0 Å². The lowest BCUT2D eigenvalue weighted by Gasteiger charge is -2.26. The van der Waals surface area contributed by atoms with Crippen molar-refractivity contribution in [3.63, 3.8) is 0 Å². The Morgan fingerprint density at radius 1 is 1.21 bits per heavy atom. The molecule has 19 heavy (non-hydrogen) atoms. The summed E-state index contributed by atoms with van der Waals surface area (Å²) in [5.74, 6) is 1.16. The molecule has 2 aliphatic rings. The number of hydrogen-bond acceptors (Lipinski definition) is 3. The second-order valence-corrected chi connectivity index (χ2v) is 5.52. The Hall–Kier alpha value is -1.55. The minimum Gasteiger partial charge on any atom is -0.491 e. The van der Waals surface area contributed by atoms with Crippen LogP contribution in [0.1, 0.15) is 37.3 Å². The van der Waals surface area contributed by atoms with Gasteiger partial charge < -0.3 is 15.8 Å². The second-order valence-electron chi connectivity index (χ2n) is 5.52. The van der Waals surface area contributed by atoms with Gasteiger partial charge in [0.1, 0.15) is 12.4 Å². The van der Waals surface area contributed by atoms with Crippen LogP contribution in [-0.2, 0) is 4.79 Å². The van der Waals surface area contributed by atoms with E-state index in [9.17, 15) is 4.79 Å². The number of amides is 1. The number of rotatable bonds is 2. The predicted octanol–water partition coefficient (Wildman–Crippen LogP) is 1.75. The minimum atomic E-state index is -0.000648. The van der Waals surface area contributed by atoms with E-state index in [-0.39, 0.29) is 23.9 Å². The zero-order valence-corrected chi connectivity index (χ0v) is 11.0. The predicted molar refractivity (Wildman–Crippen MR) is 72.8 cm³/mol. The number of nitrogens with one attached hydrogen (secondary N) is 1. The fourth-order valence-corrected chi connectivity index (χ4v) is 2.95. The van der Waals surface area contributed by atoms with Gasteiger partial charge in [-0.1, -0.05) is 18.2 Å². The van der Waals surface area contributed by atoms with Crippen LogP contribution >= 0.6 is 0 Å². The van der Waals surface area contributed by atoms with Gasteiger partial charge in [-0.2, -0.15) is 0 Å². The molecule has 1 aromatic rings. The molecular formula is C15H20N2O2. The fourth-order valence-electron chi connectivity index (χ4n) is 2.95. The lowest BCUT2D eigenvalue weighted by molar-refractivity contribution is -0.126. The van der Waals surface area contributed by atoms with Crippen molar-refractivity contribution in [2.75, 3.05) is 6.61 Å². The monoisotopic (exact) mass is 260 g/mol. The first-order chi connectivity index (χ1) is 9.24. The average molecular weight is 260 g/mol. The molecule has 1 aliphatic carbocycles. The molecule has 0 aromatic heterocycles. The molecule has 1 atom stereocenters. The van der Waals surface area contributed by atoms with Crippen LogP contribution in [0.4, 0.5) is 0 Å². The maximum Gasteiger partial charge on any atom is 0.223 e. The Morgan fingerprint density at radius 3 is 2.74 bits per heavy atom. The number of carbonyl (C=O) groups excluding carboxylic acids is 1. The largest absolute Gasteiger partial charge is 0.491 e. The third kappa shape index (κ3) is 2.59. The molecule has 0 saturated heterocycles. The SMILES string of the molecule is NC1CCC(C(=O)NC2COc3ccccc32)CC1. The Labute approximate surface area is 113 Å². The Balaban J connectivity index is 1.62. The van der Waals surface area contributed by atoms with E-state index in [2.05, 4.69) is 5.32 Å². The van der Waals surface area contributed by atoms with Gasteiger partial charge in [-0.25, -0.2) is 0 Å². The maximum absolute atomic E-state index is 12.3. The van der Waals surface area contributed by atoms with E-state index in [0.717, 1.165) is 37.0 Å². The molecule has 1 amide bonds. The summed E-state index contributed by atoms with van der Waals surface area (Å²) in [7, 11) is 0. The molecule has 1 fully saturated rings. The average Bonchev–Trinajstić information content (AvgIpc) is 2.83. The molecule has 1 saturated carbocycles. The molecule has 3 rings (SSSR count). The van der Waals surface area contributed by atoms with Crippen molar-refractivity contribution >= 4 is 5.91 Å². The minimum absolute atomic E-state index is 0.000648.